The standard InChI is InChI=1S/C27H27N3O9/c1-14(2)38-24-11-16(27(35)39-15(3)4)5-10-21(24)29-26(34)19-8-6-17(12-22(19)31)28-25(33)20-9-7-18(30(36)37)13-23(20)32/h5-15,31-32H,1-4H3,(H,28,33)(H,29,34). The SMILES string of the molecule is CC(C)OC(=O)c1ccc(NC(=O)c2ccc(NC(=O)c3ccc([N+](=O)[O-])cc3O)cc2O)c(OC(C)C)c1. The number of nitro benzene ring substituents is 1. The molecular formula is C27H27N3O9. The van der Waals surface area contributed by atoms with Gasteiger partial charge >= 0.3 is 5.97 Å². The molecule has 0 unspecified atom stereocenters. The van der Waals surface area contributed by atoms with Crippen molar-refractivity contribution in [3.05, 3.63) is 81.4 Å². The van der Waals surface area contributed by atoms with Crippen LogP contribution < -0.4 is 15.4 Å². The highest BCUT2D eigenvalue weighted by atomic mass is 16.6. The Bertz CT molecular complexity index is 1430. The fraction of sp³-hybridized carbons (Fsp3) is 0.222. The number of aromatic hydroxyl groups is 2. The van der Waals surface area contributed by atoms with Crippen LogP contribution in [0.2, 0.25) is 0 Å². The van der Waals surface area contributed by atoms with Gasteiger partial charge in [0.2, 0.25) is 0 Å². The molecular weight excluding hydrogens is 510 g/mol. The Morgan fingerprint density at radius 2 is 1.44 bits per heavy atom. The number of non-ortho nitro benzene ring substituents is 1. The number of hydrogen-bond donors (Lipinski definition) is 4. The van der Waals surface area contributed by atoms with E-state index in [-0.39, 0.29) is 51.7 Å². The molecule has 0 aromatic heterocycles. The molecule has 12 heteroatoms. The summed E-state index contributed by atoms with van der Waals surface area (Å²) in [5, 5.41) is 36.3. The largest absolute Gasteiger partial charge is 0.507 e. The summed E-state index contributed by atoms with van der Waals surface area (Å²) in [4.78, 5) is 47.8. The summed E-state index contributed by atoms with van der Waals surface area (Å²) in [6, 6.07) is 11.2. The maximum absolute atomic E-state index is 12.9. The molecule has 12 nitrogen and oxygen atoms in total. The average molecular weight is 538 g/mol. The lowest BCUT2D eigenvalue weighted by molar-refractivity contribution is -0.384. The van der Waals surface area contributed by atoms with Crippen LogP contribution in [0.5, 0.6) is 17.2 Å². The number of hydrogen-bond acceptors (Lipinski definition) is 9. The molecule has 0 spiro atoms. The van der Waals surface area contributed by atoms with Gasteiger partial charge in [-0.15, -0.1) is 0 Å². The maximum Gasteiger partial charge on any atom is 0.338 e. The number of phenolic OH excluding ortho intramolecular Hbond substituents is 2. The number of amides is 2. The van der Waals surface area contributed by atoms with Gasteiger partial charge in [-0.1, -0.05) is 0 Å². The molecule has 3 aromatic carbocycles. The van der Waals surface area contributed by atoms with Crippen LogP contribution in [0.25, 0.3) is 0 Å². The van der Waals surface area contributed by atoms with Gasteiger partial charge in [0, 0.05) is 17.8 Å². The molecule has 3 aromatic rings. The fourth-order valence-electron chi connectivity index (χ4n) is 3.40. The molecule has 0 heterocycles. The van der Waals surface area contributed by atoms with Crippen LogP contribution in [0.15, 0.2) is 54.6 Å². The Hall–Kier alpha value is -5.13. The lowest BCUT2D eigenvalue weighted by atomic mass is 10.1. The van der Waals surface area contributed by atoms with Gasteiger partial charge in [0.05, 0.1) is 45.6 Å². The van der Waals surface area contributed by atoms with Gasteiger partial charge in [-0.25, -0.2) is 4.79 Å². The van der Waals surface area contributed by atoms with Gasteiger partial charge in [0.25, 0.3) is 17.5 Å². The van der Waals surface area contributed by atoms with Crippen molar-refractivity contribution in [3.8, 4) is 17.2 Å². The van der Waals surface area contributed by atoms with Crippen molar-refractivity contribution in [3.63, 3.8) is 0 Å². The molecule has 39 heavy (non-hydrogen) atoms. The molecule has 0 saturated carbocycles. The highest BCUT2D eigenvalue weighted by Crippen LogP contribution is 2.30. The van der Waals surface area contributed by atoms with Crippen LogP contribution in [0, 0.1) is 10.1 Å². The third-order valence-corrected chi connectivity index (χ3v) is 5.11. The topological polar surface area (TPSA) is 177 Å². The summed E-state index contributed by atoms with van der Waals surface area (Å²) in [6.45, 7) is 7.00. The molecule has 0 aliphatic carbocycles. The molecule has 204 valence electrons. The Morgan fingerprint density at radius 3 is 2.00 bits per heavy atom. The number of nitrogens with one attached hydrogen (secondary N) is 2. The Balaban J connectivity index is 1.78. The first-order valence-corrected chi connectivity index (χ1v) is 11.8. The van der Waals surface area contributed by atoms with E-state index in [0.717, 1.165) is 24.3 Å². The van der Waals surface area contributed by atoms with Crippen molar-refractivity contribution in [2.75, 3.05) is 10.6 Å². The first-order valence-electron chi connectivity index (χ1n) is 11.8. The van der Waals surface area contributed by atoms with Crippen molar-refractivity contribution in [1.29, 1.82) is 0 Å². The van der Waals surface area contributed by atoms with E-state index < -0.39 is 34.2 Å². The highest BCUT2D eigenvalue weighted by Gasteiger charge is 2.20. The molecule has 0 radical (unpaired) electrons. The lowest BCUT2D eigenvalue weighted by Crippen LogP contribution is -2.17. The third-order valence-electron chi connectivity index (χ3n) is 5.11. The summed E-state index contributed by atoms with van der Waals surface area (Å²) in [5.41, 5.74) is -0.141. The van der Waals surface area contributed by atoms with E-state index in [0.29, 0.717) is 0 Å². The Morgan fingerprint density at radius 1 is 0.821 bits per heavy atom. The Kier molecular flexibility index (Phi) is 8.71. The monoisotopic (exact) mass is 537 g/mol. The zero-order chi connectivity index (χ0) is 28.9. The molecule has 0 saturated heterocycles. The summed E-state index contributed by atoms with van der Waals surface area (Å²) in [7, 11) is 0. The average Bonchev–Trinajstić information content (AvgIpc) is 2.84. The maximum atomic E-state index is 12.9. The smallest absolute Gasteiger partial charge is 0.338 e. The quantitative estimate of drug-likeness (QED) is 0.168. The summed E-state index contributed by atoms with van der Waals surface area (Å²) in [6.07, 6.45) is -0.592. The van der Waals surface area contributed by atoms with Crippen LogP contribution in [0.3, 0.4) is 0 Å². The van der Waals surface area contributed by atoms with E-state index in [9.17, 15) is 34.7 Å². The summed E-state index contributed by atoms with van der Waals surface area (Å²) < 4.78 is 11.0. The molecule has 0 atom stereocenters. The molecule has 0 fully saturated rings. The number of phenols is 2. The second-order valence-electron chi connectivity index (χ2n) is 8.93. The first-order chi connectivity index (χ1) is 18.3. The number of ether oxygens (including phenoxy) is 2. The van der Waals surface area contributed by atoms with Crippen molar-refractivity contribution in [2.45, 2.75) is 39.9 Å². The van der Waals surface area contributed by atoms with Gasteiger partial charge in [-0.05, 0) is 64.1 Å². The van der Waals surface area contributed by atoms with Gasteiger partial charge in [0.15, 0.2) is 0 Å². The molecule has 3 rings (SSSR count). The van der Waals surface area contributed by atoms with E-state index >= 15 is 0 Å². The lowest BCUT2D eigenvalue weighted by Gasteiger charge is -2.17. The van der Waals surface area contributed by atoms with Crippen LogP contribution in [-0.4, -0.2) is 45.1 Å². The molecule has 4 N–H and O–H groups in total. The highest BCUT2D eigenvalue weighted by molar-refractivity contribution is 6.09. The zero-order valence-corrected chi connectivity index (χ0v) is 21.6. The number of rotatable bonds is 9. The van der Waals surface area contributed by atoms with Gasteiger partial charge in [-0.2, -0.15) is 0 Å². The van der Waals surface area contributed by atoms with E-state index in [1.54, 1.807) is 27.7 Å². The number of anilines is 2. The van der Waals surface area contributed by atoms with Crippen molar-refractivity contribution in [1.82, 2.24) is 0 Å². The second-order valence-corrected chi connectivity index (χ2v) is 8.93. The van der Waals surface area contributed by atoms with Gasteiger partial charge in [0.1, 0.15) is 17.2 Å². The molecule has 0 aliphatic rings. The minimum atomic E-state index is -0.787. The Labute approximate surface area is 223 Å². The molecule has 2 amide bonds. The number of nitro groups is 1. The predicted octanol–water partition coefficient (Wildman–Crippen LogP) is 4.86. The zero-order valence-electron chi connectivity index (χ0n) is 21.6. The minimum Gasteiger partial charge on any atom is -0.507 e. The minimum absolute atomic E-state index is 0.101. The number of carbonyl (C=O) groups excluding carboxylic acids is 3. The van der Waals surface area contributed by atoms with Crippen LogP contribution in [-0.2, 0) is 4.74 Å². The van der Waals surface area contributed by atoms with E-state index in [4.69, 9.17) is 9.47 Å². The van der Waals surface area contributed by atoms with Crippen LogP contribution >= 0.6 is 0 Å². The first kappa shape index (κ1) is 28.4. The predicted molar refractivity (Wildman–Crippen MR) is 142 cm³/mol. The van der Waals surface area contributed by atoms with Gasteiger partial charge < -0.3 is 30.3 Å². The number of nitrogens with zero attached hydrogens (tertiary/aromatic N) is 1. The van der Waals surface area contributed by atoms with E-state index in [1.165, 1.54) is 30.3 Å². The molecule has 0 bridgehead atoms. The van der Waals surface area contributed by atoms with Crippen molar-refractivity contribution in [2.24, 2.45) is 0 Å². The van der Waals surface area contributed by atoms with E-state index in [1.807, 2.05) is 0 Å². The fourth-order valence-corrected chi connectivity index (χ4v) is 3.40. The van der Waals surface area contributed by atoms with Crippen molar-refractivity contribution < 1.29 is 39.0 Å². The summed E-state index contributed by atoms with van der Waals surface area (Å²) >= 11 is 0. The molecule has 0 aliphatic heterocycles. The van der Waals surface area contributed by atoms with Crippen LogP contribution in [0.4, 0.5) is 17.1 Å². The van der Waals surface area contributed by atoms with Crippen LogP contribution in [0.1, 0.15) is 58.8 Å². The van der Waals surface area contributed by atoms with Gasteiger partial charge in [-0.3, -0.25) is 19.7 Å². The second kappa shape index (κ2) is 11.9. The third kappa shape index (κ3) is 7.22. The summed E-state index contributed by atoms with van der Waals surface area (Å²) in [5.74, 6) is -2.85. The number of esters is 1. The van der Waals surface area contributed by atoms with Crippen molar-refractivity contribution >= 4 is 34.8 Å². The normalized spacial score (nSPS) is 10.7. The number of carbonyl (C=O) groups is 3. The number of benzene rings is 3. The van der Waals surface area contributed by atoms with E-state index in [2.05, 4.69) is 10.6 Å².